The third kappa shape index (κ3) is 4.64. The van der Waals surface area contributed by atoms with Crippen LogP contribution in [0.5, 0.6) is 0 Å². The standard InChI is InChI=1S/C20H22F2N4O/c1-19(2,3)14-9-15(26-18(24-14)20(4,5)6)25-17(27)16-12(21)7-11(10-23)8-13(16)22/h7-9H,1-6H3,(H,24,25,26,27). The summed E-state index contributed by atoms with van der Waals surface area (Å²) in [4.78, 5) is 21.3. The van der Waals surface area contributed by atoms with Gasteiger partial charge in [0, 0.05) is 16.9 Å². The van der Waals surface area contributed by atoms with Gasteiger partial charge in [-0.2, -0.15) is 5.26 Å². The highest BCUT2D eigenvalue weighted by Gasteiger charge is 2.25. The summed E-state index contributed by atoms with van der Waals surface area (Å²) in [5, 5.41) is 11.2. The Hall–Kier alpha value is -2.88. The first-order chi connectivity index (χ1) is 12.3. The molecule has 0 atom stereocenters. The van der Waals surface area contributed by atoms with E-state index in [1.807, 2.05) is 41.5 Å². The molecule has 0 unspecified atom stereocenters. The molecule has 0 saturated carbocycles. The number of carbonyl (C=O) groups excluding carboxylic acids is 1. The summed E-state index contributed by atoms with van der Waals surface area (Å²) < 4.78 is 28.2. The van der Waals surface area contributed by atoms with E-state index in [0.717, 1.165) is 12.1 Å². The van der Waals surface area contributed by atoms with E-state index in [-0.39, 0.29) is 22.2 Å². The summed E-state index contributed by atoms with van der Waals surface area (Å²) in [6, 6.07) is 4.87. The van der Waals surface area contributed by atoms with Crippen LogP contribution in [0.4, 0.5) is 14.6 Å². The lowest BCUT2D eigenvalue weighted by atomic mass is 9.90. The number of rotatable bonds is 2. The fourth-order valence-electron chi connectivity index (χ4n) is 2.26. The Morgan fingerprint density at radius 1 is 1.00 bits per heavy atom. The average Bonchev–Trinajstić information content (AvgIpc) is 2.52. The molecule has 0 radical (unpaired) electrons. The number of hydrogen-bond donors (Lipinski definition) is 1. The highest BCUT2D eigenvalue weighted by atomic mass is 19.1. The number of nitrogens with one attached hydrogen (secondary N) is 1. The molecule has 0 aliphatic heterocycles. The minimum Gasteiger partial charge on any atom is -0.306 e. The summed E-state index contributed by atoms with van der Waals surface area (Å²) in [5.41, 5.74) is -0.965. The number of aromatic nitrogens is 2. The van der Waals surface area contributed by atoms with E-state index in [9.17, 15) is 13.6 Å². The molecule has 2 aromatic rings. The van der Waals surface area contributed by atoms with Crippen molar-refractivity contribution in [3.8, 4) is 6.07 Å². The minimum atomic E-state index is -1.11. The van der Waals surface area contributed by atoms with Gasteiger partial charge in [0.1, 0.15) is 28.8 Å². The molecule has 0 bridgehead atoms. The lowest BCUT2D eigenvalue weighted by molar-refractivity contribution is 0.101. The predicted octanol–water partition coefficient (Wildman–Crippen LogP) is 4.47. The molecule has 142 valence electrons. The zero-order valence-electron chi connectivity index (χ0n) is 16.2. The number of nitriles is 1. The summed E-state index contributed by atoms with van der Waals surface area (Å²) in [5.74, 6) is -2.53. The van der Waals surface area contributed by atoms with Crippen LogP contribution in [0.25, 0.3) is 0 Å². The lowest BCUT2D eigenvalue weighted by Gasteiger charge is -2.23. The molecule has 0 saturated heterocycles. The van der Waals surface area contributed by atoms with Crippen molar-refractivity contribution in [1.29, 1.82) is 5.26 Å². The van der Waals surface area contributed by atoms with Gasteiger partial charge >= 0.3 is 0 Å². The first-order valence-electron chi connectivity index (χ1n) is 8.43. The first-order valence-corrected chi connectivity index (χ1v) is 8.43. The third-order valence-corrected chi connectivity index (χ3v) is 3.81. The van der Waals surface area contributed by atoms with Crippen molar-refractivity contribution in [2.45, 2.75) is 52.4 Å². The molecular formula is C20H22F2N4O. The summed E-state index contributed by atoms with van der Waals surface area (Å²) in [7, 11) is 0. The number of halogens is 2. The summed E-state index contributed by atoms with van der Waals surface area (Å²) >= 11 is 0. The molecule has 5 nitrogen and oxygen atoms in total. The van der Waals surface area contributed by atoms with Crippen LogP contribution in [-0.2, 0) is 10.8 Å². The van der Waals surface area contributed by atoms with Gasteiger partial charge in [-0.3, -0.25) is 4.79 Å². The Morgan fingerprint density at radius 2 is 1.56 bits per heavy atom. The van der Waals surface area contributed by atoms with Crippen LogP contribution in [0.15, 0.2) is 18.2 Å². The molecule has 2 rings (SSSR count). The van der Waals surface area contributed by atoms with Gasteiger partial charge in [0.15, 0.2) is 0 Å². The maximum Gasteiger partial charge on any atom is 0.262 e. The van der Waals surface area contributed by atoms with E-state index in [1.54, 1.807) is 12.1 Å². The number of hydrogen-bond acceptors (Lipinski definition) is 4. The molecule has 0 fully saturated rings. The number of benzene rings is 1. The number of nitrogens with zero attached hydrogens (tertiary/aromatic N) is 3. The van der Waals surface area contributed by atoms with Crippen molar-refractivity contribution in [3.05, 3.63) is 52.5 Å². The van der Waals surface area contributed by atoms with Crippen LogP contribution in [0.2, 0.25) is 0 Å². The molecular weight excluding hydrogens is 350 g/mol. The van der Waals surface area contributed by atoms with Crippen LogP contribution < -0.4 is 5.32 Å². The van der Waals surface area contributed by atoms with Gasteiger partial charge in [0.05, 0.1) is 17.3 Å². The minimum absolute atomic E-state index is 0.160. The van der Waals surface area contributed by atoms with Crippen molar-refractivity contribution >= 4 is 11.7 Å². The van der Waals surface area contributed by atoms with E-state index in [1.165, 1.54) is 0 Å². The van der Waals surface area contributed by atoms with Gasteiger partial charge in [-0.25, -0.2) is 18.7 Å². The largest absolute Gasteiger partial charge is 0.306 e. The van der Waals surface area contributed by atoms with Gasteiger partial charge in [-0.15, -0.1) is 0 Å². The van der Waals surface area contributed by atoms with Gasteiger partial charge < -0.3 is 5.32 Å². The van der Waals surface area contributed by atoms with E-state index < -0.39 is 23.1 Å². The third-order valence-electron chi connectivity index (χ3n) is 3.81. The quantitative estimate of drug-likeness (QED) is 0.843. The van der Waals surface area contributed by atoms with Gasteiger partial charge in [0.2, 0.25) is 0 Å². The molecule has 27 heavy (non-hydrogen) atoms. The molecule has 1 N–H and O–H groups in total. The Kier molecular flexibility index (Phi) is 5.32. The van der Waals surface area contributed by atoms with Gasteiger partial charge in [-0.05, 0) is 12.1 Å². The molecule has 1 heterocycles. The fraction of sp³-hybridized carbons (Fsp3) is 0.400. The highest BCUT2D eigenvalue weighted by Crippen LogP contribution is 2.27. The Balaban J connectivity index is 2.48. The van der Waals surface area contributed by atoms with Crippen LogP contribution >= 0.6 is 0 Å². The molecule has 0 spiro atoms. The predicted molar refractivity (Wildman–Crippen MR) is 98.5 cm³/mol. The van der Waals surface area contributed by atoms with Crippen molar-refractivity contribution < 1.29 is 13.6 Å². The van der Waals surface area contributed by atoms with Crippen molar-refractivity contribution in [2.75, 3.05) is 5.32 Å². The van der Waals surface area contributed by atoms with Crippen LogP contribution in [0.1, 0.15) is 69.0 Å². The highest BCUT2D eigenvalue weighted by molar-refractivity contribution is 6.04. The first kappa shape index (κ1) is 20.4. The van der Waals surface area contributed by atoms with E-state index >= 15 is 0 Å². The molecule has 0 aliphatic carbocycles. The Labute approximate surface area is 157 Å². The van der Waals surface area contributed by atoms with Crippen molar-refractivity contribution in [3.63, 3.8) is 0 Å². The van der Waals surface area contributed by atoms with Gasteiger partial charge in [-0.1, -0.05) is 41.5 Å². The number of amides is 1. The lowest BCUT2D eigenvalue weighted by Crippen LogP contribution is -2.24. The van der Waals surface area contributed by atoms with E-state index in [0.29, 0.717) is 11.5 Å². The molecule has 1 aromatic heterocycles. The smallest absolute Gasteiger partial charge is 0.262 e. The average molecular weight is 372 g/mol. The zero-order valence-corrected chi connectivity index (χ0v) is 16.2. The topological polar surface area (TPSA) is 78.7 Å². The SMILES string of the molecule is CC(C)(C)c1cc(NC(=O)c2c(F)cc(C#N)cc2F)nc(C(C)(C)C)n1. The zero-order chi connectivity index (χ0) is 20.6. The number of carbonyl (C=O) groups is 1. The van der Waals surface area contributed by atoms with Gasteiger partial charge in [0.25, 0.3) is 5.91 Å². The maximum absolute atomic E-state index is 14.1. The second-order valence-corrected chi connectivity index (χ2v) is 8.34. The Bertz CT molecular complexity index is 879. The Morgan fingerprint density at radius 3 is 2.00 bits per heavy atom. The number of anilines is 1. The second kappa shape index (κ2) is 7.03. The molecule has 0 aliphatic rings. The van der Waals surface area contributed by atoms with Crippen LogP contribution in [0.3, 0.4) is 0 Å². The molecule has 1 aromatic carbocycles. The maximum atomic E-state index is 14.1. The van der Waals surface area contributed by atoms with E-state index in [4.69, 9.17) is 5.26 Å². The van der Waals surface area contributed by atoms with Crippen LogP contribution in [0, 0.1) is 23.0 Å². The monoisotopic (exact) mass is 372 g/mol. The van der Waals surface area contributed by atoms with Crippen LogP contribution in [-0.4, -0.2) is 15.9 Å². The second-order valence-electron chi connectivity index (χ2n) is 8.34. The normalized spacial score (nSPS) is 11.8. The molecule has 7 heteroatoms. The summed E-state index contributed by atoms with van der Waals surface area (Å²) in [6.45, 7) is 11.7. The molecule has 1 amide bonds. The van der Waals surface area contributed by atoms with Crippen molar-refractivity contribution in [2.24, 2.45) is 0 Å². The summed E-state index contributed by atoms with van der Waals surface area (Å²) in [6.07, 6.45) is 0. The van der Waals surface area contributed by atoms with Crippen molar-refractivity contribution in [1.82, 2.24) is 9.97 Å². The fourth-order valence-corrected chi connectivity index (χ4v) is 2.26. The van der Waals surface area contributed by atoms with E-state index in [2.05, 4.69) is 15.3 Å².